The van der Waals surface area contributed by atoms with Crippen LogP contribution in [0.3, 0.4) is 0 Å². The fourth-order valence-corrected chi connectivity index (χ4v) is 3.59. The summed E-state index contributed by atoms with van der Waals surface area (Å²) >= 11 is 1.63. The van der Waals surface area contributed by atoms with Crippen molar-refractivity contribution >= 4 is 11.8 Å². The summed E-state index contributed by atoms with van der Waals surface area (Å²) in [6, 6.07) is 9.48. The molecule has 0 aliphatic heterocycles. The number of hydrogen-bond donors (Lipinski definition) is 0. The molecule has 0 spiro atoms. The highest BCUT2D eigenvalue weighted by atomic mass is 32.2. The average molecular weight is 263 g/mol. The molecule has 0 radical (unpaired) electrons. The maximum absolute atomic E-state index is 11.2. The molecular weight excluding hydrogens is 246 g/mol. The summed E-state index contributed by atoms with van der Waals surface area (Å²) in [5, 5.41) is 11.2. The van der Waals surface area contributed by atoms with Crippen LogP contribution in [0.25, 0.3) is 0 Å². The summed E-state index contributed by atoms with van der Waals surface area (Å²) in [5.41, 5.74) is 2.49. The van der Waals surface area contributed by atoms with Crippen molar-refractivity contribution in [3.63, 3.8) is 0 Å². The van der Waals surface area contributed by atoms with E-state index in [1.807, 2.05) is 37.3 Å². The minimum absolute atomic E-state index is 0.0473. The van der Waals surface area contributed by atoms with Gasteiger partial charge >= 0.3 is 0 Å². The Morgan fingerprint density at radius 2 is 1.78 bits per heavy atom. The van der Waals surface area contributed by atoms with Gasteiger partial charge in [-0.25, -0.2) is 0 Å². The lowest BCUT2D eigenvalue weighted by atomic mass is 9.90. The van der Waals surface area contributed by atoms with Gasteiger partial charge in [0.05, 0.1) is 5.25 Å². The zero-order valence-electron chi connectivity index (χ0n) is 10.6. The van der Waals surface area contributed by atoms with Gasteiger partial charge in [0.15, 0.2) is 0 Å². The molecule has 0 fully saturated rings. The molecule has 1 aliphatic rings. The van der Waals surface area contributed by atoms with Crippen molar-refractivity contribution in [2.75, 3.05) is 0 Å². The second-order valence-corrected chi connectivity index (χ2v) is 6.10. The summed E-state index contributed by atoms with van der Waals surface area (Å²) in [4.78, 5) is 12.2. The summed E-state index contributed by atoms with van der Waals surface area (Å²) < 4.78 is 0. The highest BCUT2D eigenvalue weighted by Crippen LogP contribution is 2.37. The molecule has 1 aliphatic carbocycles. The summed E-state index contributed by atoms with van der Waals surface area (Å²) in [5.74, 6) is 0. The summed E-state index contributed by atoms with van der Waals surface area (Å²) in [6.45, 7) is 4.10. The lowest BCUT2D eigenvalue weighted by molar-refractivity contribution is -0.521. The van der Waals surface area contributed by atoms with E-state index in [0.29, 0.717) is 6.42 Å². The predicted octanol–water partition coefficient (Wildman–Crippen LogP) is 3.92. The normalized spacial score (nSPS) is 24.1. The molecule has 2 atom stereocenters. The molecule has 1 aromatic rings. The van der Waals surface area contributed by atoms with Crippen molar-refractivity contribution in [2.24, 2.45) is 0 Å². The van der Waals surface area contributed by atoms with Crippen LogP contribution in [0.15, 0.2) is 46.4 Å². The van der Waals surface area contributed by atoms with Crippen LogP contribution in [0, 0.1) is 10.1 Å². The highest BCUT2D eigenvalue weighted by Gasteiger charge is 2.36. The monoisotopic (exact) mass is 263 g/mol. The van der Waals surface area contributed by atoms with Crippen molar-refractivity contribution < 1.29 is 4.92 Å². The number of rotatable bonds is 3. The van der Waals surface area contributed by atoms with Crippen LogP contribution in [0.1, 0.15) is 26.7 Å². The van der Waals surface area contributed by atoms with Crippen molar-refractivity contribution in [3.8, 4) is 0 Å². The second kappa shape index (κ2) is 5.57. The van der Waals surface area contributed by atoms with E-state index in [-0.39, 0.29) is 10.2 Å². The average Bonchev–Trinajstić information content (AvgIpc) is 2.34. The van der Waals surface area contributed by atoms with E-state index < -0.39 is 6.04 Å². The van der Waals surface area contributed by atoms with Gasteiger partial charge in [0.25, 0.3) is 0 Å². The SMILES string of the molecule is CC1=C(C)C[C@@H]([N+](=O)[O-])[C@@H](Sc2ccccc2)C1. The van der Waals surface area contributed by atoms with E-state index in [2.05, 4.69) is 6.92 Å². The third-order valence-electron chi connectivity index (χ3n) is 3.48. The smallest absolute Gasteiger partial charge is 0.229 e. The van der Waals surface area contributed by atoms with Crippen LogP contribution in [-0.4, -0.2) is 16.2 Å². The summed E-state index contributed by atoms with van der Waals surface area (Å²) in [7, 11) is 0. The number of hydrogen-bond acceptors (Lipinski definition) is 3. The molecule has 1 aromatic carbocycles. The molecule has 0 aromatic heterocycles. The van der Waals surface area contributed by atoms with Gasteiger partial charge in [-0.1, -0.05) is 29.3 Å². The minimum atomic E-state index is -0.459. The minimum Gasteiger partial charge on any atom is -0.264 e. The van der Waals surface area contributed by atoms with Gasteiger partial charge in [-0.05, 0) is 32.4 Å². The highest BCUT2D eigenvalue weighted by molar-refractivity contribution is 8.00. The van der Waals surface area contributed by atoms with Crippen LogP contribution < -0.4 is 0 Å². The lowest BCUT2D eigenvalue weighted by Crippen LogP contribution is -2.35. The third-order valence-corrected chi connectivity index (χ3v) is 4.81. The second-order valence-electron chi connectivity index (χ2n) is 4.79. The molecule has 96 valence electrons. The number of allylic oxidation sites excluding steroid dienone is 1. The first-order valence-electron chi connectivity index (χ1n) is 6.08. The van der Waals surface area contributed by atoms with Gasteiger partial charge in [0, 0.05) is 16.2 Å². The van der Waals surface area contributed by atoms with Gasteiger partial charge in [-0.15, -0.1) is 11.8 Å². The van der Waals surface area contributed by atoms with Crippen molar-refractivity contribution in [1.29, 1.82) is 0 Å². The Bertz CT molecular complexity index is 470. The van der Waals surface area contributed by atoms with E-state index in [1.165, 1.54) is 11.1 Å². The van der Waals surface area contributed by atoms with Crippen molar-refractivity contribution in [2.45, 2.75) is 42.9 Å². The molecule has 0 N–H and O–H groups in total. The first-order chi connectivity index (χ1) is 8.58. The first-order valence-corrected chi connectivity index (χ1v) is 6.96. The molecule has 18 heavy (non-hydrogen) atoms. The van der Waals surface area contributed by atoms with Gasteiger partial charge in [-0.3, -0.25) is 10.1 Å². The van der Waals surface area contributed by atoms with Crippen LogP contribution in [-0.2, 0) is 0 Å². The van der Waals surface area contributed by atoms with Gasteiger partial charge in [-0.2, -0.15) is 0 Å². The molecule has 4 heteroatoms. The van der Waals surface area contributed by atoms with Crippen LogP contribution in [0.2, 0.25) is 0 Å². The fraction of sp³-hybridized carbons (Fsp3) is 0.429. The quantitative estimate of drug-likeness (QED) is 0.471. The van der Waals surface area contributed by atoms with Crippen LogP contribution in [0.4, 0.5) is 0 Å². The number of nitro groups is 1. The van der Waals surface area contributed by atoms with Gasteiger partial charge in [0.1, 0.15) is 0 Å². The fourth-order valence-electron chi connectivity index (χ4n) is 2.24. The third kappa shape index (κ3) is 2.93. The van der Waals surface area contributed by atoms with Crippen LogP contribution >= 0.6 is 11.8 Å². The zero-order valence-corrected chi connectivity index (χ0v) is 11.4. The molecule has 0 heterocycles. The predicted molar refractivity (Wildman–Crippen MR) is 74.5 cm³/mol. The molecular formula is C14H17NO2S. The Hall–Kier alpha value is -1.29. The first kappa shape index (κ1) is 13.1. The topological polar surface area (TPSA) is 43.1 Å². The maximum atomic E-state index is 11.2. The number of thioether (sulfide) groups is 1. The molecule has 0 bridgehead atoms. The largest absolute Gasteiger partial charge is 0.264 e. The molecule has 0 saturated carbocycles. The molecule has 2 rings (SSSR count). The van der Waals surface area contributed by atoms with E-state index in [9.17, 15) is 10.1 Å². The summed E-state index contributed by atoms with van der Waals surface area (Å²) in [6.07, 6.45) is 1.40. The molecule has 0 unspecified atom stereocenters. The van der Waals surface area contributed by atoms with Gasteiger partial charge in [0.2, 0.25) is 6.04 Å². The van der Waals surface area contributed by atoms with E-state index in [0.717, 1.165) is 11.3 Å². The van der Waals surface area contributed by atoms with Crippen LogP contribution in [0.5, 0.6) is 0 Å². The van der Waals surface area contributed by atoms with E-state index >= 15 is 0 Å². The Morgan fingerprint density at radius 1 is 1.17 bits per heavy atom. The van der Waals surface area contributed by atoms with E-state index in [4.69, 9.17) is 0 Å². The Balaban J connectivity index is 2.17. The Morgan fingerprint density at radius 3 is 2.39 bits per heavy atom. The number of benzene rings is 1. The molecule has 3 nitrogen and oxygen atoms in total. The molecule has 0 saturated heterocycles. The van der Waals surface area contributed by atoms with Crippen molar-refractivity contribution in [1.82, 2.24) is 0 Å². The van der Waals surface area contributed by atoms with Gasteiger partial charge < -0.3 is 0 Å². The van der Waals surface area contributed by atoms with Crippen molar-refractivity contribution in [3.05, 3.63) is 51.6 Å². The Kier molecular flexibility index (Phi) is 4.07. The number of nitrogens with zero attached hydrogens (tertiary/aromatic N) is 1. The standard InChI is InChI=1S/C14H17NO2S/c1-10-8-13(15(16)17)14(9-11(10)2)18-12-6-4-3-5-7-12/h3-7,13-14H,8-9H2,1-2H3/t13-,14+/m1/s1. The Labute approximate surface area is 111 Å². The zero-order chi connectivity index (χ0) is 13.1. The van der Waals surface area contributed by atoms with E-state index in [1.54, 1.807) is 11.8 Å². The lowest BCUT2D eigenvalue weighted by Gasteiger charge is -2.27. The maximum Gasteiger partial charge on any atom is 0.229 e. The molecule has 0 amide bonds.